The summed E-state index contributed by atoms with van der Waals surface area (Å²) >= 11 is 0. The molecule has 2 heterocycles. The van der Waals surface area contributed by atoms with Gasteiger partial charge in [0.15, 0.2) is 0 Å². The molecule has 0 atom stereocenters. The Morgan fingerprint density at radius 3 is 2.85 bits per heavy atom. The van der Waals surface area contributed by atoms with Crippen molar-refractivity contribution in [2.45, 2.75) is 38.6 Å². The molecule has 140 valence electrons. The van der Waals surface area contributed by atoms with E-state index in [0.29, 0.717) is 18.9 Å². The lowest BCUT2D eigenvalue weighted by Crippen LogP contribution is -2.29. The van der Waals surface area contributed by atoms with Gasteiger partial charge < -0.3 is 14.5 Å². The summed E-state index contributed by atoms with van der Waals surface area (Å²) in [5.41, 5.74) is 1.05. The number of piperidine rings is 1. The van der Waals surface area contributed by atoms with Crippen LogP contribution in [0, 0.1) is 0 Å². The van der Waals surface area contributed by atoms with Crippen molar-refractivity contribution < 1.29 is 9.47 Å². The van der Waals surface area contributed by atoms with Crippen LogP contribution in [0.5, 0.6) is 11.5 Å². The Morgan fingerprint density at radius 2 is 2.08 bits per heavy atom. The van der Waals surface area contributed by atoms with E-state index in [0.717, 1.165) is 18.7 Å². The maximum absolute atomic E-state index is 11.7. The highest BCUT2D eigenvalue weighted by molar-refractivity contribution is 5.28. The first-order chi connectivity index (χ1) is 12.7. The third-order valence-corrected chi connectivity index (χ3v) is 4.62. The lowest BCUT2D eigenvalue weighted by atomic mass is 10.1. The van der Waals surface area contributed by atoms with Crippen LogP contribution in [-0.4, -0.2) is 41.7 Å². The van der Waals surface area contributed by atoms with Crippen LogP contribution in [0.3, 0.4) is 0 Å². The van der Waals surface area contributed by atoms with E-state index < -0.39 is 0 Å². The minimum absolute atomic E-state index is 0.232. The average Bonchev–Trinajstić information content (AvgIpc) is 2.66. The van der Waals surface area contributed by atoms with Crippen molar-refractivity contribution in [1.29, 1.82) is 0 Å². The lowest BCUT2D eigenvalue weighted by Gasteiger charge is -2.26. The zero-order chi connectivity index (χ0) is 18.2. The molecule has 0 saturated carbocycles. The number of methoxy groups -OCH3 is 1. The molecule has 0 amide bonds. The molecule has 3 rings (SSSR count). The normalized spacial score (nSPS) is 15.0. The number of H-pyrrole nitrogens is 1. The molecule has 0 unspecified atom stereocenters. The van der Waals surface area contributed by atoms with Crippen molar-refractivity contribution >= 4 is 0 Å². The van der Waals surface area contributed by atoms with Crippen LogP contribution < -0.4 is 15.0 Å². The van der Waals surface area contributed by atoms with Gasteiger partial charge in [-0.05, 0) is 50.0 Å². The van der Waals surface area contributed by atoms with Gasteiger partial charge in [-0.3, -0.25) is 9.69 Å². The number of nitrogens with one attached hydrogen (secondary N) is 1. The molecule has 1 N–H and O–H groups in total. The number of likely N-dealkylation sites (tertiary alicyclic amines) is 1. The molecule has 1 aliphatic rings. The number of nitrogens with zero attached hydrogens (tertiary/aromatic N) is 2. The highest BCUT2D eigenvalue weighted by atomic mass is 16.5. The van der Waals surface area contributed by atoms with E-state index in [1.165, 1.54) is 51.2 Å². The first kappa shape index (κ1) is 18.5. The molecule has 0 spiro atoms. The summed E-state index contributed by atoms with van der Waals surface area (Å²) in [6.45, 7) is 3.97. The molecule has 26 heavy (non-hydrogen) atoms. The number of aromatic amines is 1. The van der Waals surface area contributed by atoms with Crippen LogP contribution in [0.1, 0.15) is 37.1 Å². The third-order valence-electron chi connectivity index (χ3n) is 4.62. The van der Waals surface area contributed by atoms with Gasteiger partial charge in [0.05, 0.1) is 19.9 Å². The van der Waals surface area contributed by atoms with Gasteiger partial charge in [-0.25, -0.2) is 4.98 Å². The van der Waals surface area contributed by atoms with E-state index in [-0.39, 0.29) is 11.3 Å². The maximum atomic E-state index is 11.7. The fraction of sp³-hybridized carbons (Fsp3) is 0.500. The summed E-state index contributed by atoms with van der Waals surface area (Å²) in [5, 5.41) is 0. The Bertz CT molecular complexity index is 754. The van der Waals surface area contributed by atoms with Crippen molar-refractivity contribution in [2.75, 3.05) is 26.8 Å². The van der Waals surface area contributed by atoms with Gasteiger partial charge in [-0.2, -0.15) is 0 Å². The number of ether oxygens (including phenoxy) is 2. The molecule has 1 aromatic carbocycles. The molecule has 0 radical (unpaired) electrons. The number of aromatic nitrogens is 2. The molecule has 2 aromatic rings. The largest absolute Gasteiger partial charge is 0.494 e. The van der Waals surface area contributed by atoms with Crippen molar-refractivity contribution in [3.63, 3.8) is 0 Å². The molecule has 0 bridgehead atoms. The molecule has 6 nitrogen and oxygen atoms in total. The lowest BCUT2D eigenvalue weighted by molar-refractivity contribution is 0.220. The van der Waals surface area contributed by atoms with E-state index in [2.05, 4.69) is 33.1 Å². The Kier molecular flexibility index (Phi) is 6.66. The van der Waals surface area contributed by atoms with Crippen molar-refractivity contribution in [2.24, 2.45) is 0 Å². The quantitative estimate of drug-likeness (QED) is 0.736. The van der Waals surface area contributed by atoms with E-state index >= 15 is 0 Å². The third kappa shape index (κ3) is 5.33. The van der Waals surface area contributed by atoms with Crippen LogP contribution in [0.15, 0.2) is 35.3 Å². The molecular weight excluding hydrogens is 330 g/mol. The van der Waals surface area contributed by atoms with Crippen molar-refractivity contribution in [3.8, 4) is 11.5 Å². The van der Waals surface area contributed by atoms with Gasteiger partial charge in [0.2, 0.25) is 5.75 Å². The van der Waals surface area contributed by atoms with Crippen LogP contribution >= 0.6 is 0 Å². The maximum Gasteiger partial charge on any atom is 0.293 e. The molecule has 1 aromatic heterocycles. The summed E-state index contributed by atoms with van der Waals surface area (Å²) in [6, 6.07) is 8.33. The standard InChI is InChI=1S/C20H27N3O3/c1-25-18-14-21-19(22-20(18)24)9-6-12-26-17-8-5-7-16(13-17)15-23-10-3-2-4-11-23/h5,7-8,13-14H,2-4,6,9-12,15H2,1H3,(H,21,22,24). The van der Waals surface area contributed by atoms with Gasteiger partial charge in [-0.1, -0.05) is 18.6 Å². The van der Waals surface area contributed by atoms with E-state index in [1.54, 1.807) is 0 Å². The molecule has 6 heteroatoms. The van der Waals surface area contributed by atoms with Gasteiger partial charge >= 0.3 is 0 Å². The van der Waals surface area contributed by atoms with Crippen molar-refractivity contribution in [3.05, 3.63) is 52.2 Å². The minimum Gasteiger partial charge on any atom is -0.494 e. The highest BCUT2D eigenvalue weighted by Crippen LogP contribution is 2.18. The smallest absolute Gasteiger partial charge is 0.293 e. The van der Waals surface area contributed by atoms with Crippen LogP contribution in [0.2, 0.25) is 0 Å². The second kappa shape index (κ2) is 9.38. The summed E-state index contributed by atoms with van der Waals surface area (Å²) in [7, 11) is 1.46. The van der Waals surface area contributed by atoms with Crippen LogP contribution in [-0.2, 0) is 13.0 Å². The molecule has 1 aliphatic heterocycles. The number of hydrogen-bond acceptors (Lipinski definition) is 5. The Morgan fingerprint density at radius 1 is 1.23 bits per heavy atom. The topological polar surface area (TPSA) is 67.5 Å². The fourth-order valence-corrected chi connectivity index (χ4v) is 3.23. The number of rotatable bonds is 8. The number of hydrogen-bond donors (Lipinski definition) is 1. The van der Waals surface area contributed by atoms with Gasteiger partial charge in [0.25, 0.3) is 5.56 Å². The molecule has 1 fully saturated rings. The van der Waals surface area contributed by atoms with Crippen molar-refractivity contribution in [1.82, 2.24) is 14.9 Å². The monoisotopic (exact) mass is 357 g/mol. The van der Waals surface area contributed by atoms with Crippen LogP contribution in [0.25, 0.3) is 0 Å². The Labute approximate surface area is 154 Å². The van der Waals surface area contributed by atoms with Gasteiger partial charge in [0, 0.05) is 13.0 Å². The van der Waals surface area contributed by atoms with Crippen LogP contribution in [0.4, 0.5) is 0 Å². The minimum atomic E-state index is -0.246. The highest BCUT2D eigenvalue weighted by Gasteiger charge is 2.10. The molecule has 0 aliphatic carbocycles. The van der Waals surface area contributed by atoms with Gasteiger partial charge in [-0.15, -0.1) is 0 Å². The zero-order valence-electron chi connectivity index (χ0n) is 15.4. The zero-order valence-corrected chi connectivity index (χ0v) is 15.4. The Hall–Kier alpha value is -2.34. The van der Waals surface area contributed by atoms with Gasteiger partial charge in [0.1, 0.15) is 11.6 Å². The predicted octanol–water partition coefficient (Wildman–Crippen LogP) is 2.78. The summed E-state index contributed by atoms with van der Waals surface area (Å²) in [6.07, 6.45) is 6.86. The fourth-order valence-electron chi connectivity index (χ4n) is 3.23. The number of aryl methyl sites for hydroxylation is 1. The number of benzene rings is 1. The van der Waals surface area contributed by atoms with E-state index in [1.807, 2.05) is 6.07 Å². The summed E-state index contributed by atoms with van der Waals surface area (Å²) in [5.74, 6) is 1.78. The first-order valence-corrected chi connectivity index (χ1v) is 9.31. The second-order valence-electron chi connectivity index (χ2n) is 6.66. The average molecular weight is 357 g/mol. The Balaban J connectivity index is 1.45. The summed E-state index contributed by atoms with van der Waals surface area (Å²) in [4.78, 5) is 21.1. The predicted molar refractivity (Wildman–Crippen MR) is 101 cm³/mol. The molecular formula is C20H27N3O3. The van der Waals surface area contributed by atoms with E-state index in [9.17, 15) is 4.79 Å². The molecule has 1 saturated heterocycles. The van der Waals surface area contributed by atoms with E-state index in [4.69, 9.17) is 9.47 Å². The second-order valence-corrected chi connectivity index (χ2v) is 6.66. The first-order valence-electron chi connectivity index (χ1n) is 9.31. The SMILES string of the molecule is COc1cnc(CCCOc2cccc(CN3CCCCC3)c2)[nH]c1=O. The summed E-state index contributed by atoms with van der Waals surface area (Å²) < 4.78 is 10.8.